The first-order valence-electron chi connectivity index (χ1n) is 1.28. The van der Waals surface area contributed by atoms with Crippen molar-refractivity contribution in [3.63, 3.8) is 0 Å². The maximum Gasteiger partial charge on any atom is 0.641 e. The summed E-state index contributed by atoms with van der Waals surface area (Å²) in [5, 5.41) is 0. The molecule has 0 bridgehead atoms. The average Bonchev–Trinajstić information content (AvgIpc) is 1.35. The Morgan fingerprint density at radius 2 is 1.43 bits per heavy atom. The lowest BCUT2D eigenvalue weighted by Gasteiger charge is -2.03. The lowest BCUT2D eigenvalue weighted by atomic mass is 15.7. The first kappa shape index (κ1) is 10.8. The zero-order chi connectivity index (χ0) is 5.21. The molecule has 0 aliphatic heterocycles. The molecule has 0 amide bonds. The van der Waals surface area contributed by atoms with Crippen LogP contribution in [0.4, 0.5) is 0 Å². The van der Waals surface area contributed by atoms with Crippen molar-refractivity contribution in [3.05, 3.63) is 0 Å². The molecule has 0 heterocycles. The van der Waals surface area contributed by atoms with Crippen molar-refractivity contribution in [3.8, 4) is 0 Å². The molecule has 0 unspecified atom stereocenters. The summed E-state index contributed by atoms with van der Waals surface area (Å²) < 4.78 is 3.88. The van der Waals surface area contributed by atoms with Gasteiger partial charge >= 0.3 is 25.7 Å². The molecule has 0 aromatic rings. The Bertz CT molecular complexity index is 41.4. The fraction of sp³-hybridized carbons (Fsp3) is 0. The number of hydrogen-bond acceptors (Lipinski definition) is 4. The Morgan fingerprint density at radius 3 is 1.43 bits per heavy atom. The van der Waals surface area contributed by atoms with Gasteiger partial charge in [0.25, 0.3) is 0 Å². The number of rotatable bonds is 1. The summed E-state index contributed by atoms with van der Waals surface area (Å²) in [5.74, 6) is 0. The summed E-state index contributed by atoms with van der Waals surface area (Å²) in [6, 6.07) is 0. The Kier molecular flexibility index (Phi) is 5.90. The molecule has 0 rings (SSSR count). The molecule has 0 radical (unpaired) electrons. The summed E-state index contributed by atoms with van der Waals surface area (Å²) in [6.45, 7) is 0. The highest BCUT2D eigenvalue weighted by Crippen LogP contribution is 1.79. The molecule has 0 aliphatic rings. The molecule has 0 aliphatic carbocycles. The van der Waals surface area contributed by atoms with Gasteiger partial charge in [-0.3, -0.25) is 0 Å². The summed E-state index contributed by atoms with van der Waals surface area (Å²) in [6.07, 6.45) is 0. The molecule has 0 aromatic heterocycles. The Morgan fingerprint density at radius 1 is 1.29 bits per heavy atom. The van der Waals surface area contributed by atoms with Gasteiger partial charge < -0.3 is 17.9 Å². The van der Waals surface area contributed by atoms with Gasteiger partial charge in [0.2, 0.25) is 0 Å². The molecular weight excluding hydrogens is 155 g/mol. The molecule has 0 atom stereocenters. The molecule has 4 nitrogen and oxygen atoms in total. The van der Waals surface area contributed by atoms with Crippen molar-refractivity contribution in [1.29, 1.82) is 0 Å². The molecular formula is H6AlClO4Si. The van der Waals surface area contributed by atoms with E-state index in [1.54, 1.807) is 0 Å². The molecule has 7 heteroatoms. The molecule has 3 N–H and O–H groups in total. The summed E-state index contributed by atoms with van der Waals surface area (Å²) in [4.78, 5) is 23.7. The maximum atomic E-state index is 7.89. The van der Waals surface area contributed by atoms with Crippen LogP contribution in [-0.2, 0) is 3.48 Å². The fourth-order valence-corrected chi connectivity index (χ4v) is 0. The van der Waals surface area contributed by atoms with E-state index in [2.05, 4.69) is 3.48 Å². The van der Waals surface area contributed by atoms with E-state index in [-0.39, 0.29) is 29.0 Å². The van der Waals surface area contributed by atoms with Gasteiger partial charge in [0, 0.05) is 0 Å². The minimum absolute atomic E-state index is 0. The Balaban J connectivity index is 0. The second kappa shape index (κ2) is 3.83. The van der Waals surface area contributed by atoms with Crippen LogP contribution in [0, 0.1) is 0 Å². The first-order valence-corrected chi connectivity index (χ1v) is 3.85. The van der Waals surface area contributed by atoms with E-state index in [1.165, 1.54) is 0 Å². The van der Waals surface area contributed by atoms with Crippen molar-refractivity contribution in [2.45, 2.75) is 0 Å². The van der Waals surface area contributed by atoms with Crippen molar-refractivity contribution < 1.29 is 17.9 Å². The third-order valence-electron chi connectivity index (χ3n) is 0.274. The van der Waals surface area contributed by atoms with E-state index in [4.69, 9.17) is 14.4 Å². The molecule has 0 saturated carbocycles. The van der Waals surface area contributed by atoms with Gasteiger partial charge in [0.05, 0.1) is 0 Å². The van der Waals surface area contributed by atoms with Crippen molar-refractivity contribution in [2.24, 2.45) is 0 Å². The predicted octanol–water partition coefficient (Wildman–Crippen LogP) is -2.61. The predicted molar refractivity (Wildman–Crippen MR) is 29.3 cm³/mol. The van der Waals surface area contributed by atoms with Gasteiger partial charge in [-0.25, -0.2) is 0 Å². The smallest absolute Gasteiger partial charge is 0.487 e. The van der Waals surface area contributed by atoms with E-state index in [0.717, 1.165) is 0 Å². The minimum Gasteiger partial charge on any atom is -0.487 e. The van der Waals surface area contributed by atoms with Gasteiger partial charge in [-0.1, -0.05) is 0 Å². The molecule has 0 aromatic carbocycles. The summed E-state index contributed by atoms with van der Waals surface area (Å²) >= 11 is 0.160. The van der Waals surface area contributed by atoms with E-state index < -0.39 is 9.05 Å². The second-order valence-corrected chi connectivity index (χ2v) is 3.56. The van der Waals surface area contributed by atoms with E-state index in [1.807, 2.05) is 0 Å². The summed E-state index contributed by atoms with van der Waals surface area (Å²) in [5.41, 5.74) is 0. The zero-order valence-corrected chi connectivity index (χ0v) is 7.47. The standard InChI is InChI=1S/Al.ClH.H3O4Si.2H/c;;1-5(2,3)4;;/h;1H;1-3H;;/q+1;;-1;;. The third kappa shape index (κ3) is 10.9. The molecule has 0 fully saturated rings. The van der Waals surface area contributed by atoms with Crippen molar-refractivity contribution in [2.75, 3.05) is 0 Å². The van der Waals surface area contributed by atoms with E-state index >= 15 is 0 Å². The van der Waals surface area contributed by atoms with Gasteiger partial charge in [-0.05, 0) is 0 Å². The molecule has 44 valence electrons. The van der Waals surface area contributed by atoms with Crippen LogP contribution in [0.3, 0.4) is 0 Å². The van der Waals surface area contributed by atoms with Crippen LogP contribution in [-0.4, -0.2) is 40.1 Å². The van der Waals surface area contributed by atoms with E-state index in [0.29, 0.717) is 0 Å². The molecule has 0 saturated heterocycles. The monoisotopic (exact) mass is 160 g/mol. The lowest BCUT2D eigenvalue weighted by molar-refractivity contribution is 0.134. The fourth-order valence-electron chi connectivity index (χ4n) is 0. The van der Waals surface area contributed by atoms with Gasteiger partial charge in [0.15, 0.2) is 0 Å². The highest BCUT2D eigenvalue weighted by atomic mass is 35.5. The third-order valence-corrected chi connectivity index (χ3v) is 2.46. The van der Waals surface area contributed by atoms with Crippen LogP contribution in [0.2, 0.25) is 0 Å². The second-order valence-electron chi connectivity index (χ2n) is 0.778. The quantitative estimate of drug-likeness (QED) is 0.368. The van der Waals surface area contributed by atoms with Crippen LogP contribution in [0.5, 0.6) is 0 Å². The average molecular weight is 161 g/mol. The van der Waals surface area contributed by atoms with E-state index in [9.17, 15) is 0 Å². The van der Waals surface area contributed by atoms with Crippen molar-refractivity contribution >= 4 is 38.1 Å². The molecule has 7 heavy (non-hydrogen) atoms. The van der Waals surface area contributed by atoms with Gasteiger partial charge in [-0.15, -0.1) is 12.4 Å². The van der Waals surface area contributed by atoms with Crippen molar-refractivity contribution in [1.82, 2.24) is 0 Å². The summed E-state index contributed by atoms with van der Waals surface area (Å²) in [7, 11) is -4.07. The largest absolute Gasteiger partial charge is 0.641 e. The normalized spacial score (nSPS) is 10.1. The van der Waals surface area contributed by atoms with Gasteiger partial charge in [0.1, 0.15) is 0 Å². The number of hydrogen-bond donors (Lipinski definition) is 3. The topological polar surface area (TPSA) is 69.9 Å². The van der Waals surface area contributed by atoms with Crippen LogP contribution in [0.15, 0.2) is 0 Å². The maximum absolute atomic E-state index is 7.89. The SMILES string of the molecule is Cl.O[Si](O)(O)[O][AlH2]. The number of halogens is 1. The minimum atomic E-state index is -4.07. The van der Waals surface area contributed by atoms with Crippen LogP contribution in [0.1, 0.15) is 0 Å². The van der Waals surface area contributed by atoms with Gasteiger partial charge in [-0.2, -0.15) is 0 Å². The zero-order valence-electron chi connectivity index (χ0n) is 3.66. The van der Waals surface area contributed by atoms with Crippen LogP contribution >= 0.6 is 12.4 Å². The lowest BCUT2D eigenvalue weighted by Crippen LogP contribution is -2.37. The molecule has 0 spiro atoms. The first-order chi connectivity index (χ1) is 2.56. The Hall–Kier alpha value is 0.879. The highest BCUT2D eigenvalue weighted by Gasteiger charge is 2.25. The Labute approximate surface area is 56.4 Å². The highest BCUT2D eigenvalue weighted by molar-refractivity contribution is 6.52. The van der Waals surface area contributed by atoms with Crippen LogP contribution in [0.25, 0.3) is 0 Å². The van der Waals surface area contributed by atoms with Crippen LogP contribution < -0.4 is 0 Å².